The molecule has 134 valence electrons. The smallest absolute Gasteiger partial charge is 0.265 e. The molecule has 0 radical (unpaired) electrons. The van der Waals surface area contributed by atoms with Crippen LogP contribution in [-0.4, -0.2) is 24.4 Å². The zero-order valence-electron chi connectivity index (χ0n) is 14.6. The SMILES string of the molecule is Cc1nn(Cc2ccccc2)c(C)c1/C=N\NS(=O)(=O)c1ccccc1. The second kappa shape index (κ2) is 7.53. The van der Waals surface area contributed by atoms with Crippen LogP contribution in [-0.2, 0) is 16.6 Å². The van der Waals surface area contributed by atoms with Crippen LogP contribution >= 0.6 is 0 Å². The van der Waals surface area contributed by atoms with Crippen LogP contribution in [0.3, 0.4) is 0 Å². The standard InChI is InChI=1S/C19H20N4O2S/c1-15-19(13-20-22-26(24,25)18-11-7-4-8-12-18)16(2)23(21-15)14-17-9-5-3-6-10-17/h3-13,22H,14H2,1-2H3/b20-13-. The number of hydrogen-bond acceptors (Lipinski definition) is 4. The fraction of sp³-hybridized carbons (Fsp3) is 0.158. The first-order valence-electron chi connectivity index (χ1n) is 8.15. The number of nitrogens with zero attached hydrogens (tertiary/aromatic N) is 3. The van der Waals surface area contributed by atoms with Gasteiger partial charge in [-0.25, -0.2) is 4.83 Å². The van der Waals surface area contributed by atoms with Crippen LogP contribution in [0.5, 0.6) is 0 Å². The third kappa shape index (κ3) is 4.00. The van der Waals surface area contributed by atoms with Crippen LogP contribution in [0.15, 0.2) is 70.7 Å². The van der Waals surface area contributed by atoms with Crippen molar-refractivity contribution in [1.82, 2.24) is 14.6 Å². The molecule has 0 amide bonds. The van der Waals surface area contributed by atoms with Crippen molar-refractivity contribution in [2.75, 3.05) is 0 Å². The number of sulfonamides is 1. The lowest BCUT2D eigenvalue weighted by Crippen LogP contribution is -2.18. The van der Waals surface area contributed by atoms with Crippen molar-refractivity contribution in [1.29, 1.82) is 0 Å². The molecule has 0 atom stereocenters. The summed E-state index contributed by atoms with van der Waals surface area (Å²) in [7, 11) is -3.67. The maximum absolute atomic E-state index is 12.2. The Morgan fingerprint density at radius 3 is 2.31 bits per heavy atom. The molecule has 0 fully saturated rings. The highest BCUT2D eigenvalue weighted by Gasteiger charge is 2.13. The van der Waals surface area contributed by atoms with Crippen molar-refractivity contribution >= 4 is 16.2 Å². The van der Waals surface area contributed by atoms with Crippen LogP contribution in [0.2, 0.25) is 0 Å². The Kier molecular flexibility index (Phi) is 5.18. The van der Waals surface area contributed by atoms with Gasteiger partial charge in [0.25, 0.3) is 10.0 Å². The predicted octanol–water partition coefficient (Wildman–Crippen LogP) is 2.86. The summed E-state index contributed by atoms with van der Waals surface area (Å²) in [4.78, 5) is 2.41. The summed E-state index contributed by atoms with van der Waals surface area (Å²) < 4.78 is 26.3. The van der Waals surface area contributed by atoms with Crippen LogP contribution in [0.1, 0.15) is 22.5 Å². The molecule has 3 aromatic rings. The number of rotatable bonds is 6. The van der Waals surface area contributed by atoms with Gasteiger partial charge in [0.15, 0.2) is 0 Å². The van der Waals surface area contributed by atoms with Crippen LogP contribution < -0.4 is 4.83 Å². The molecule has 0 bridgehead atoms. The van der Waals surface area contributed by atoms with Gasteiger partial charge < -0.3 is 0 Å². The Morgan fingerprint density at radius 1 is 1.04 bits per heavy atom. The zero-order chi connectivity index (χ0) is 18.6. The Balaban J connectivity index is 1.77. The molecular weight excluding hydrogens is 348 g/mol. The number of aromatic nitrogens is 2. The number of aryl methyl sites for hydroxylation is 1. The van der Waals surface area contributed by atoms with Gasteiger partial charge in [-0.3, -0.25) is 4.68 Å². The molecular formula is C19H20N4O2S. The van der Waals surface area contributed by atoms with Crippen LogP contribution in [0.4, 0.5) is 0 Å². The number of nitrogens with one attached hydrogen (secondary N) is 1. The fourth-order valence-electron chi connectivity index (χ4n) is 2.62. The Labute approximate surface area is 153 Å². The van der Waals surface area contributed by atoms with Crippen LogP contribution in [0, 0.1) is 13.8 Å². The quantitative estimate of drug-likeness (QED) is 0.537. The van der Waals surface area contributed by atoms with Gasteiger partial charge in [-0.05, 0) is 31.5 Å². The molecule has 26 heavy (non-hydrogen) atoms. The summed E-state index contributed by atoms with van der Waals surface area (Å²) >= 11 is 0. The van der Waals surface area contributed by atoms with E-state index in [4.69, 9.17) is 0 Å². The van der Waals surface area contributed by atoms with Crippen molar-refractivity contribution in [3.8, 4) is 0 Å². The maximum atomic E-state index is 12.2. The molecule has 0 aliphatic rings. The van der Waals surface area contributed by atoms with Gasteiger partial charge in [0.1, 0.15) is 0 Å². The summed E-state index contributed by atoms with van der Waals surface area (Å²) in [5, 5.41) is 8.44. The lowest BCUT2D eigenvalue weighted by atomic mass is 10.2. The molecule has 0 aliphatic heterocycles. The molecule has 1 N–H and O–H groups in total. The van der Waals surface area contributed by atoms with Gasteiger partial charge in [-0.2, -0.15) is 18.6 Å². The number of hydrogen-bond donors (Lipinski definition) is 1. The first-order valence-corrected chi connectivity index (χ1v) is 9.63. The summed E-state index contributed by atoms with van der Waals surface area (Å²) in [6.45, 7) is 4.47. The highest BCUT2D eigenvalue weighted by Crippen LogP contribution is 2.13. The average molecular weight is 368 g/mol. The largest absolute Gasteiger partial charge is 0.276 e. The minimum atomic E-state index is -3.67. The minimum absolute atomic E-state index is 0.172. The first kappa shape index (κ1) is 17.9. The molecule has 2 aromatic carbocycles. The van der Waals surface area contributed by atoms with Gasteiger partial charge in [-0.15, -0.1) is 0 Å². The Morgan fingerprint density at radius 2 is 1.65 bits per heavy atom. The van der Waals surface area contributed by atoms with Gasteiger partial charge in [0.05, 0.1) is 23.3 Å². The molecule has 0 saturated carbocycles. The molecule has 1 heterocycles. The third-order valence-electron chi connectivity index (χ3n) is 4.03. The molecule has 1 aromatic heterocycles. The molecule has 7 heteroatoms. The van der Waals surface area contributed by atoms with Gasteiger partial charge in [0.2, 0.25) is 0 Å². The van der Waals surface area contributed by atoms with E-state index in [0.29, 0.717) is 6.54 Å². The monoisotopic (exact) mass is 368 g/mol. The van der Waals surface area contributed by atoms with E-state index in [0.717, 1.165) is 22.5 Å². The van der Waals surface area contributed by atoms with E-state index < -0.39 is 10.0 Å². The van der Waals surface area contributed by atoms with Crippen molar-refractivity contribution in [3.63, 3.8) is 0 Å². The summed E-state index contributed by atoms with van der Waals surface area (Å²) in [6, 6.07) is 18.2. The highest BCUT2D eigenvalue weighted by molar-refractivity contribution is 7.89. The second-order valence-corrected chi connectivity index (χ2v) is 7.55. The normalized spacial score (nSPS) is 11.8. The zero-order valence-corrected chi connectivity index (χ0v) is 15.4. The average Bonchev–Trinajstić information content (AvgIpc) is 2.90. The first-order chi connectivity index (χ1) is 12.5. The molecule has 0 unspecified atom stereocenters. The molecule has 0 saturated heterocycles. The van der Waals surface area contributed by atoms with Crippen molar-refractivity contribution in [2.45, 2.75) is 25.3 Å². The molecule has 6 nitrogen and oxygen atoms in total. The topological polar surface area (TPSA) is 76.3 Å². The molecule has 0 spiro atoms. The second-order valence-electron chi connectivity index (χ2n) is 5.89. The molecule has 3 rings (SSSR count). The van der Waals surface area contributed by atoms with Crippen LogP contribution in [0.25, 0.3) is 0 Å². The lowest BCUT2D eigenvalue weighted by Gasteiger charge is -2.05. The van der Waals surface area contributed by atoms with Crippen molar-refractivity contribution in [3.05, 3.63) is 83.2 Å². The Bertz CT molecular complexity index is 1010. The highest BCUT2D eigenvalue weighted by atomic mass is 32.2. The van der Waals surface area contributed by atoms with E-state index >= 15 is 0 Å². The van der Waals surface area contributed by atoms with E-state index in [-0.39, 0.29) is 4.90 Å². The number of hydrazone groups is 1. The maximum Gasteiger partial charge on any atom is 0.276 e. The van der Waals surface area contributed by atoms with E-state index in [9.17, 15) is 8.42 Å². The third-order valence-corrected chi connectivity index (χ3v) is 5.27. The van der Waals surface area contributed by atoms with E-state index in [2.05, 4.69) is 15.0 Å². The summed E-state index contributed by atoms with van der Waals surface area (Å²) in [5.41, 5.74) is 3.66. The van der Waals surface area contributed by atoms with E-state index in [1.165, 1.54) is 18.3 Å². The fourth-order valence-corrected chi connectivity index (χ4v) is 3.43. The minimum Gasteiger partial charge on any atom is -0.265 e. The van der Waals surface area contributed by atoms with Gasteiger partial charge >= 0.3 is 0 Å². The van der Waals surface area contributed by atoms with Crippen molar-refractivity contribution in [2.24, 2.45) is 5.10 Å². The summed E-state index contributed by atoms with van der Waals surface area (Å²) in [6.07, 6.45) is 1.50. The molecule has 0 aliphatic carbocycles. The predicted molar refractivity (Wildman–Crippen MR) is 102 cm³/mol. The van der Waals surface area contributed by atoms with Gasteiger partial charge in [-0.1, -0.05) is 48.5 Å². The van der Waals surface area contributed by atoms with Gasteiger partial charge in [0, 0.05) is 11.3 Å². The summed E-state index contributed by atoms with van der Waals surface area (Å²) in [5.74, 6) is 0. The van der Waals surface area contributed by atoms with E-state index in [1.807, 2.05) is 48.9 Å². The Hall–Kier alpha value is -2.93. The van der Waals surface area contributed by atoms with Crippen molar-refractivity contribution < 1.29 is 8.42 Å². The number of benzene rings is 2. The lowest BCUT2D eigenvalue weighted by molar-refractivity contribution is 0.584. The van der Waals surface area contributed by atoms with E-state index in [1.54, 1.807) is 18.2 Å².